The molecule has 0 bridgehead atoms. The summed E-state index contributed by atoms with van der Waals surface area (Å²) in [6.45, 7) is 2.13. The van der Waals surface area contributed by atoms with Gasteiger partial charge in [-0.15, -0.1) is 0 Å². The van der Waals surface area contributed by atoms with Gasteiger partial charge in [0.05, 0.1) is 7.85 Å². The molecule has 1 rings (SSSR count). The van der Waals surface area contributed by atoms with E-state index >= 15 is 0 Å². The smallest absolute Gasteiger partial charge is 0.145 e. The lowest BCUT2D eigenvalue weighted by molar-refractivity contribution is -0.105. The molecule has 0 aromatic rings. The second-order valence-corrected chi connectivity index (χ2v) is 4.02. The van der Waals surface area contributed by atoms with E-state index in [0.29, 0.717) is 0 Å². The van der Waals surface area contributed by atoms with Gasteiger partial charge in [-0.05, 0) is 38.2 Å². The van der Waals surface area contributed by atoms with E-state index in [-0.39, 0.29) is 5.82 Å². The van der Waals surface area contributed by atoms with Crippen molar-refractivity contribution in [2.75, 3.05) is 0 Å². The number of allylic oxidation sites excluding steroid dienone is 4. The van der Waals surface area contributed by atoms with Crippen molar-refractivity contribution in [2.45, 2.75) is 44.8 Å². The third kappa shape index (κ3) is 3.95. The van der Waals surface area contributed by atoms with Gasteiger partial charge in [-0.25, -0.2) is 0 Å². The van der Waals surface area contributed by atoms with E-state index < -0.39 is 0 Å². The monoisotopic (exact) mass is 188 g/mol. The molecule has 1 aliphatic carbocycles. The molecule has 1 unspecified atom stereocenters. The zero-order chi connectivity index (χ0) is 10.4. The lowest BCUT2D eigenvalue weighted by atomic mass is 9.79. The molecule has 74 valence electrons. The van der Waals surface area contributed by atoms with Crippen LogP contribution in [0.2, 0.25) is 5.82 Å². The Morgan fingerprint density at radius 1 is 1.43 bits per heavy atom. The van der Waals surface area contributed by atoms with Gasteiger partial charge in [0, 0.05) is 0 Å². The quantitative estimate of drug-likeness (QED) is 0.351. The minimum atomic E-state index is 0.200. The first-order valence-electron chi connectivity index (χ1n) is 5.28. The van der Waals surface area contributed by atoms with Gasteiger partial charge in [0.15, 0.2) is 0 Å². The Kier molecular flexibility index (Phi) is 4.71. The predicted molar refractivity (Wildman–Crippen MR) is 60.5 cm³/mol. The first kappa shape index (κ1) is 11.3. The second kappa shape index (κ2) is 5.84. The lowest BCUT2D eigenvalue weighted by Crippen LogP contribution is -1.96. The fourth-order valence-corrected chi connectivity index (χ4v) is 1.62. The molecule has 0 aromatic carbocycles. The van der Waals surface area contributed by atoms with Crippen LogP contribution >= 0.6 is 0 Å². The van der Waals surface area contributed by atoms with Crippen LogP contribution in [0.5, 0.6) is 0 Å². The van der Waals surface area contributed by atoms with E-state index in [1.165, 1.54) is 5.57 Å². The lowest BCUT2D eigenvalue weighted by Gasteiger charge is -2.11. The van der Waals surface area contributed by atoms with E-state index in [9.17, 15) is 4.79 Å². The molecule has 0 aliphatic heterocycles. The number of carbonyl (C=O) groups excluding carboxylic acids is 1. The fraction of sp³-hybridized carbons (Fsp3) is 0.583. The van der Waals surface area contributed by atoms with Crippen molar-refractivity contribution >= 4 is 14.1 Å². The molecule has 2 heteroatoms. The van der Waals surface area contributed by atoms with Gasteiger partial charge in [-0.2, -0.15) is 0 Å². The number of hydrogen-bond donors (Lipinski definition) is 0. The van der Waals surface area contributed by atoms with Gasteiger partial charge >= 0.3 is 0 Å². The molecule has 0 aromatic heterocycles. The summed E-state index contributed by atoms with van der Waals surface area (Å²) in [5, 5.41) is 0. The predicted octanol–water partition coefficient (Wildman–Crippen LogP) is 2.98. The molecule has 0 spiro atoms. The third-order valence-corrected chi connectivity index (χ3v) is 2.67. The van der Waals surface area contributed by atoms with Crippen molar-refractivity contribution in [3.8, 4) is 0 Å². The highest BCUT2D eigenvalue weighted by Crippen LogP contribution is 2.21. The van der Waals surface area contributed by atoms with Gasteiger partial charge in [-0.1, -0.05) is 30.0 Å². The first-order valence-corrected chi connectivity index (χ1v) is 5.28. The van der Waals surface area contributed by atoms with E-state index in [1.54, 1.807) is 0 Å². The summed E-state index contributed by atoms with van der Waals surface area (Å²) in [7, 11) is 5.92. The largest absolute Gasteiger partial charge is 0.298 e. The third-order valence-electron chi connectivity index (χ3n) is 2.67. The van der Waals surface area contributed by atoms with Crippen LogP contribution in [0.1, 0.15) is 39.0 Å². The highest BCUT2D eigenvalue weighted by atomic mass is 16.1. The minimum Gasteiger partial charge on any atom is -0.298 e. The van der Waals surface area contributed by atoms with E-state index in [1.807, 2.05) is 6.08 Å². The van der Waals surface area contributed by atoms with Crippen molar-refractivity contribution in [1.82, 2.24) is 0 Å². The minimum absolute atomic E-state index is 0.200. The van der Waals surface area contributed by atoms with Crippen LogP contribution in [-0.4, -0.2) is 14.1 Å². The number of carbonyl (C=O) groups is 1. The Balaban J connectivity index is 2.63. The molecule has 1 nitrogen and oxygen atoms in total. The molecule has 1 atom stereocenters. The average Bonchev–Trinajstić information content (AvgIpc) is 2.19. The topological polar surface area (TPSA) is 17.1 Å². The number of aldehydes is 1. The molecule has 2 radical (unpaired) electrons. The SMILES string of the molecule is [B]C1C/C=C(\C)CC/C=C(\C=O)CC1. The van der Waals surface area contributed by atoms with Crippen molar-refractivity contribution in [3.05, 3.63) is 23.3 Å². The van der Waals surface area contributed by atoms with Crippen LogP contribution in [0.25, 0.3) is 0 Å². The molecule has 14 heavy (non-hydrogen) atoms. The Morgan fingerprint density at radius 3 is 2.93 bits per heavy atom. The van der Waals surface area contributed by atoms with Crippen molar-refractivity contribution in [3.63, 3.8) is 0 Å². The summed E-state index contributed by atoms with van der Waals surface area (Å²) in [6.07, 6.45) is 9.94. The van der Waals surface area contributed by atoms with Crippen molar-refractivity contribution in [2.24, 2.45) is 0 Å². The van der Waals surface area contributed by atoms with E-state index in [4.69, 9.17) is 7.85 Å². The number of hydrogen-bond acceptors (Lipinski definition) is 1. The molecule has 0 amide bonds. The van der Waals surface area contributed by atoms with E-state index in [2.05, 4.69) is 13.0 Å². The molecule has 0 saturated heterocycles. The summed E-state index contributed by atoms with van der Waals surface area (Å²) < 4.78 is 0. The van der Waals surface area contributed by atoms with Crippen molar-refractivity contribution < 1.29 is 4.79 Å². The van der Waals surface area contributed by atoms with Gasteiger partial charge in [0.25, 0.3) is 0 Å². The average molecular weight is 188 g/mol. The highest BCUT2D eigenvalue weighted by molar-refractivity contribution is 6.11. The Morgan fingerprint density at radius 2 is 2.21 bits per heavy atom. The molecule has 1 aliphatic rings. The first-order chi connectivity index (χ1) is 6.72. The van der Waals surface area contributed by atoms with Crippen LogP contribution < -0.4 is 0 Å². The fourth-order valence-electron chi connectivity index (χ4n) is 1.62. The zero-order valence-electron chi connectivity index (χ0n) is 8.83. The van der Waals surface area contributed by atoms with Crippen LogP contribution in [0, 0.1) is 0 Å². The van der Waals surface area contributed by atoms with Gasteiger partial charge in [-0.3, -0.25) is 4.79 Å². The van der Waals surface area contributed by atoms with Crippen LogP contribution in [0.15, 0.2) is 23.3 Å². The van der Waals surface area contributed by atoms with Gasteiger partial charge < -0.3 is 0 Å². The normalized spacial score (nSPS) is 32.2. The molecular formula is C12H17BO. The summed E-state index contributed by atoms with van der Waals surface area (Å²) in [4.78, 5) is 10.7. The zero-order valence-corrected chi connectivity index (χ0v) is 8.83. The van der Waals surface area contributed by atoms with Crippen LogP contribution in [-0.2, 0) is 4.79 Å². The maximum absolute atomic E-state index is 10.7. The molecular weight excluding hydrogens is 171 g/mol. The molecule has 0 heterocycles. The second-order valence-electron chi connectivity index (χ2n) is 4.02. The molecule has 0 saturated carbocycles. The Hall–Kier alpha value is -0.785. The maximum atomic E-state index is 10.7. The van der Waals surface area contributed by atoms with Crippen LogP contribution in [0.4, 0.5) is 0 Å². The summed E-state index contributed by atoms with van der Waals surface area (Å²) in [5.41, 5.74) is 2.29. The Labute approximate surface area is 87.7 Å². The highest BCUT2D eigenvalue weighted by Gasteiger charge is 2.04. The Bertz CT molecular complexity index is 253. The summed E-state index contributed by atoms with van der Waals surface area (Å²) in [5.74, 6) is 0.200. The van der Waals surface area contributed by atoms with Gasteiger partial charge in [0.1, 0.15) is 6.29 Å². The van der Waals surface area contributed by atoms with Crippen molar-refractivity contribution in [1.29, 1.82) is 0 Å². The van der Waals surface area contributed by atoms with E-state index in [0.717, 1.165) is 44.0 Å². The number of rotatable bonds is 1. The molecule has 0 fully saturated rings. The molecule has 0 N–H and O–H groups in total. The maximum Gasteiger partial charge on any atom is 0.145 e. The summed E-state index contributed by atoms with van der Waals surface area (Å²) >= 11 is 0. The summed E-state index contributed by atoms with van der Waals surface area (Å²) in [6, 6.07) is 0. The standard InChI is InChI=1S/C12H17BO/c1-10-3-2-4-11(9-14)6-8-12(13)7-5-10/h4-5,9,12H,2-3,6-8H2,1H3/b10-5+,11-4-. The van der Waals surface area contributed by atoms with Gasteiger partial charge in [0.2, 0.25) is 0 Å². The van der Waals surface area contributed by atoms with Crippen LogP contribution in [0.3, 0.4) is 0 Å².